The Kier molecular flexibility index (Phi) is 9.65. The second-order valence-corrected chi connectivity index (χ2v) is 20.9. The highest BCUT2D eigenvalue weighted by atomic mass is 15.1. The first kappa shape index (κ1) is 43.1. The Bertz CT molecular complexity index is 4390. The maximum atomic E-state index is 2.48. The molecule has 0 atom stereocenters. The maximum absolute atomic E-state index is 2.48. The number of fused-ring (bicyclic) bond motifs is 7. The Labute approximate surface area is 437 Å². The predicted molar refractivity (Wildman–Crippen MR) is 318 cm³/mol. The van der Waals surface area contributed by atoms with Gasteiger partial charge in [0.25, 0.3) is 0 Å². The average molecular weight is 955 g/mol. The Hall–Kier alpha value is -9.50. The van der Waals surface area contributed by atoms with Gasteiger partial charge < -0.3 is 9.47 Å². The molecule has 352 valence electrons. The summed E-state index contributed by atoms with van der Waals surface area (Å²) in [4.78, 5) is 2.41. The topological polar surface area (TPSA) is 8.17 Å². The molecule has 14 aromatic rings. The molecule has 0 saturated carbocycles. The van der Waals surface area contributed by atoms with E-state index in [2.05, 4.69) is 290 Å². The Morgan fingerprint density at radius 3 is 1.36 bits per heavy atom. The SMILES string of the molecule is CC1(C)c2cc(-c3ccc4c(c3)c3c5ccc6cccc7ccc(cc3n4-c3ccc(-c4ccccc4)cc3)c5c76)ccc2-c2ccc(N(c3ccc(-c4ccccc4)cc3)c3ccc(-c4ccccc4)cc3)cc21. The minimum Gasteiger partial charge on any atom is -0.310 e. The van der Waals surface area contributed by atoms with E-state index < -0.39 is 0 Å². The fourth-order valence-corrected chi connectivity index (χ4v) is 12.6. The number of benzene rings is 13. The van der Waals surface area contributed by atoms with Gasteiger partial charge in [-0.3, -0.25) is 0 Å². The standard InChI is InChI=1S/C73H50N2/c1-73(2)66-44-56(30-39-62(66)63-41-38-61(46-67(63)73)74(58-32-23-50(24-33-58)47-13-6-3-7-14-47)59-34-25-51(26-35-59)48-15-8-4-9-16-48)55-31-42-68-65(43-55)72-64-40-29-54-20-12-19-53-21-22-57(71(64)70(53)54)45-69(72)75(68)60-36-27-52(28-37-60)49-17-10-5-11-18-49/h3-46H,1-2H3. The first-order valence-electron chi connectivity index (χ1n) is 26.1. The quantitative estimate of drug-likeness (QED) is 0.138. The molecule has 1 aliphatic carbocycles. The minimum absolute atomic E-state index is 0.255. The van der Waals surface area contributed by atoms with Crippen molar-refractivity contribution in [3.63, 3.8) is 0 Å². The zero-order valence-electron chi connectivity index (χ0n) is 41.8. The van der Waals surface area contributed by atoms with Crippen molar-refractivity contribution < 1.29 is 0 Å². The van der Waals surface area contributed by atoms with Gasteiger partial charge in [0.05, 0.1) is 11.0 Å². The molecule has 1 aromatic heterocycles. The van der Waals surface area contributed by atoms with E-state index in [0.29, 0.717) is 0 Å². The van der Waals surface area contributed by atoms with Crippen LogP contribution in [0.2, 0.25) is 0 Å². The van der Waals surface area contributed by atoms with Crippen LogP contribution in [0.25, 0.3) is 115 Å². The molecule has 15 rings (SSSR count). The molecule has 2 nitrogen and oxygen atoms in total. The molecule has 2 heteroatoms. The summed E-state index contributed by atoms with van der Waals surface area (Å²) in [7, 11) is 0. The lowest BCUT2D eigenvalue weighted by Gasteiger charge is -2.28. The molecule has 0 radical (unpaired) electrons. The number of aromatic nitrogens is 1. The molecule has 0 aliphatic heterocycles. The highest BCUT2D eigenvalue weighted by molar-refractivity contribution is 6.33. The van der Waals surface area contributed by atoms with E-state index in [9.17, 15) is 0 Å². The van der Waals surface area contributed by atoms with Gasteiger partial charge in [-0.2, -0.15) is 0 Å². The van der Waals surface area contributed by atoms with Crippen molar-refractivity contribution in [3.8, 4) is 61.3 Å². The van der Waals surface area contributed by atoms with Crippen molar-refractivity contribution in [2.45, 2.75) is 19.3 Å². The van der Waals surface area contributed by atoms with E-state index >= 15 is 0 Å². The third-order valence-electron chi connectivity index (χ3n) is 16.3. The van der Waals surface area contributed by atoms with Crippen LogP contribution in [-0.2, 0) is 5.41 Å². The van der Waals surface area contributed by atoms with Crippen molar-refractivity contribution in [2.24, 2.45) is 0 Å². The summed E-state index contributed by atoms with van der Waals surface area (Å²) in [5.41, 5.74) is 21.7. The molecule has 75 heavy (non-hydrogen) atoms. The highest BCUT2D eigenvalue weighted by Crippen LogP contribution is 2.52. The third-order valence-corrected chi connectivity index (χ3v) is 16.3. The Balaban J connectivity index is 0.847. The average Bonchev–Trinajstić information content (AvgIpc) is 3.96. The highest BCUT2D eigenvalue weighted by Gasteiger charge is 2.36. The molecule has 0 amide bonds. The monoisotopic (exact) mass is 954 g/mol. The summed E-state index contributed by atoms with van der Waals surface area (Å²) in [6.07, 6.45) is 0. The van der Waals surface area contributed by atoms with Crippen LogP contribution in [0.15, 0.2) is 267 Å². The van der Waals surface area contributed by atoms with Crippen LogP contribution in [0, 0.1) is 0 Å². The normalized spacial score (nSPS) is 12.8. The molecule has 0 N–H and O–H groups in total. The third kappa shape index (κ3) is 6.87. The zero-order chi connectivity index (χ0) is 49.8. The molecular formula is C73H50N2. The van der Waals surface area contributed by atoms with Crippen molar-refractivity contribution in [2.75, 3.05) is 4.90 Å². The van der Waals surface area contributed by atoms with Crippen LogP contribution in [0.4, 0.5) is 17.1 Å². The van der Waals surface area contributed by atoms with Gasteiger partial charge in [0.2, 0.25) is 0 Å². The molecule has 13 aromatic carbocycles. The summed E-state index contributed by atoms with van der Waals surface area (Å²) in [6.45, 7) is 4.80. The Morgan fingerprint density at radius 1 is 0.293 bits per heavy atom. The van der Waals surface area contributed by atoms with Gasteiger partial charge in [-0.15, -0.1) is 0 Å². The number of anilines is 3. The van der Waals surface area contributed by atoms with E-state index in [4.69, 9.17) is 0 Å². The number of rotatable bonds is 8. The van der Waals surface area contributed by atoms with Crippen LogP contribution in [-0.4, -0.2) is 4.57 Å². The van der Waals surface area contributed by atoms with Gasteiger partial charge in [-0.25, -0.2) is 0 Å². The van der Waals surface area contributed by atoms with Crippen molar-refractivity contribution in [1.82, 2.24) is 4.57 Å². The van der Waals surface area contributed by atoms with Gasteiger partial charge in [-0.05, 0) is 172 Å². The lowest BCUT2D eigenvalue weighted by molar-refractivity contribution is 0.660. The van der Waals surface area contributed by atoms with Gasteiger partial charge in [-0.1, -0.05) is 208 Å². The first-order valence-corrected chi connectivity index (χ1v) is 26.1. The number of hydrogen-bond donors (Lipinski definition) is 0. The van der Waals surface area contributed by atoms with E-state index in [0.717, 1.165) is 22.7 Å². The van der Waals surface area contributed by atoms with E-state index in [1.54, 1.807) is 0 Å². The summed E-state index contributed by atoms with van der Waals surface area (Å²) in [6, 6.07) is 98.9. The van der Waals surface area contributed by atoms with Crippen molar-refractivity contribution >= 4 is 71.2 Å². The van der Waals surface area contributed by atoms with Crippen LogP contribution >= 0.6 is 0 Å². The van der Waals surface area contributed by atoms with Gasteiger partial charge in [0.1, 0.15) is 0 Å². The second-order valence-electron chi connectivity index (χ2n) is 20.9. The van der Waals surface area contributed by atoms with Crippen molar-refractivity contribution in [1.29, 1.82) is 0 Å². The second kappa shape index (κ2) is 16.8. The molecule has 0 unspecified atom stereocenters. The number of nitrogens with zero attached hydrogens (tertiary/aromatic N) is 2. The fourth-order valence-electron chi connectivity index (χ4n) is 12.6. The molecule has 1 heterocycles. The summed E-state index contributed by atoms with van der Waals surface area (Å²) in [5, 5.41) is 10.3. The molecule has 0 saturated heterocycles. The fraction of sp³-hybridized carbons (Fsp3) is 0.0411. The summed E-state index contributed by atoms with van der Waals surface area (Å²) >= 11 is 0. The van der Waals surface area contributed by atoms with Gasteiger partial charge in [0, 0.05) is 38.9 Å². The largest absolute Gasteiger partial charge is 0.310 e. The van der Waals surface area contributed by atoms with E-state index in [-0.39, 0.29) is 5.41 Å². The van der Waals surface area contributed by atoms with Crippen LogP contribution in [0.5, 0.6) is 0 Å². The van der Waals surface area contributed by atoms with E-state index in [1.807, 2.05) is 0 Å². The van der Waals surface area contributed by atoms with E-state index in [1.165, 1.54) is 121 Å². The maximum Gasteiger partial charge on any atom is 0.0553 e. The van der Waals surface area contributed by atoms with Crippen LogP contribution in [0.1, 0.15) is 25.0 Å². The zero-order valence-corrected chi connectivity index (χ0v) is 41.8. The predicted octanol–water partition coefficient (Wildman–Crippen LogP) is 20.1. The summed E-state index contributed by atoms with van der Waals surface area (Å²) < 4.78 is 2.48. The van der Waals surface area contributed by atoms with Crippen molar-refractivity contribution in [3.05, 3.63) is 278 Å². The summed E-state index contributed by atoms with van der Waals surface area (Å²) in [5.74, 6) is 0. The lowest BCUT2D eigenvalue weighted by atomic mass is 9.81. The van der Waals surface area contributed by atoms with Crippen LogP contribution < -0.4 is 4.90 Å². The first-order chi connectivity index (χ1) is 36.9. The molecule has 1 aliphatic rings. The van der Waals surface area contributed by atoms with Gasteiger partial charge in [0.15, 0.2) is 0 Å². The lowest BCUT2D eigenvalue weighted by Crippen LogP contribution is -2.16. The van der Waals surface area contributed by atoms with Crippen LogP contribution in [0.3, 0.4) is 0 Å². The molecule has 0 fully saturated rings. The molecule has 0 bridgehead atoms. The minimum atomic E-state index is -0.255. The smallest absolute Gasteiger partial charge is 0.0553 e. The molecular weight excluding hydrogens is 905 g/mol. The molecule has 0 spiro atoms. The number of hydrogen-bond acceptors (Lipinski definition) is 1. The van der Waals surface area contributed by atoms with Gasteiger partial charge >= 0.3 is 0 Å². The Morgan fingerprint density at radius 2 is 0.760 bits per heavy atom.